The van der Waals surface area contributed by atoms with Gasteiger partial charge in [0.25, 0.3) is 5.56 Å². The normalized spacial score (nSPS) is 15.0. The number of fused-ring (bicyclic) bond motifs is 2. The highest BCUT2D eigenvalue weighted by Gasteiger charge is 2.21. The highest BCUT2D eigenvalue weighted by molar-refractivity contribution is 7.17. The molecular weight excluding hydrogens is 414 g/mol. The lowest BCUT2D eigenvalue weighted by molar-refractivity contribution is -0.122. The van der Waals surface area contributed by atoms with Crippen LogP contribution < -0.4 is 20.3 Å². The molecule has 7 nitrogen and oxygen atoms in total. The third-order valence-electron chi connectivity index (χ3n) is 5.05. The molecule has 8 heteroatoms. The maximum atomic E-state index is 13.1. The van der Waals surface area contributed by atoms with Crippen molar-refractivity contribution in [2.75, 3.05) is 13.2 Å². The van der Waals surface area contributed by atoms with Gasteiger partial charge in [0.05, 0.1) is 18.3 Å². The summed E-state index contributed by atoms with van der Waals surface area (Å²) in [7, 11) is 0. The van der Waals surface area contributed by atoms with Crippen LogP contribution in [-0.4, -0.2) is 34.7 Å². The average Bonchev–Trinajstić information content (AvgIpc) is 3.25. The quantitative estimate of drug-likeness (QED) is 0.523. The summed E-state index contributed by atoms with van der Waals surface area (Å²) in [5, 5.41) is 5.28. The predicted molar refractivity (Wildman–Crippen MR) is 119 cm³/mol. The SMILES string of the molecule is O=C(Cn1cnc2scc(-c3ccccc3)c2c1=O)NC[C@H]1COc2ccccc2O1. The van der Waals surface area contributed by atoms with Crippen molar-refractivity contribution < 1.29 is 14.3 Å². The summed E-state index contributed by atoms with van der Waals surface area (Å²) < 4.78 is 12.8. The number of rotatable bonds is 5. The number of ether oxygens (including phenoxy) is 2. The number of carbonyl (C=O) groups is 1. The fourth-order valence-electron chi connectivity index (χ4n) is 3.51. The number of nitrogens with zero attached hydrogens (tertiary/aromatic N) is 2. The average molecular weight is 433 g/mol. The summed E-state index contributed by atoms with van der Waals surface area (Å²) >= 11 is 1.42. The number of carbonyl (C=O) groups excluding carboxylic acids is 1. The molecule has 0 spiro atoms. The van der Waals surface area contributed by atoms with Gasteiger partial charge >= 0.3 is 0 Å². The van der Waals surface area contributed by atoms with Crippen molar-refractivity contribution in [3.8, 4) is 22.6 Å². The van der Waals surface area contributed by atoms with E-state index in [1.165, 1.54) is 22.2 Å². The van der Waals surface area contributed by atoms with Crippen LogP contribution in [0, 0.1) is 0 Å². The molecule has 0 aliphatic carbocycles. The third-order valence-corrected chi connectivity index (χ3v) is 5.94. The van der Waals surface area contributed by atoms with E-state index in [1.54, 1.807) is 0 Å². The molecule has 0 saturated heterocycles. The van der Waals surface area contributed by atoms with E-state index in [1.807, 2.05) is 60.0 Å². The van der Waals surface area contributed by atoms with E-state index < -0.39 is 0 Å². The fraction of sp³-hybridized carbons (Fsp3) is 0.174. The van der Waals surface area contributed by atoms with E-state index in [-0.39, 0.29) is 30.7 Å². The fourth-order valence-corrected chi connectivity index (χ4v) is 4.42. The van der Waals surface area contributed by atoms with Crippen LogP contribution in [0.5, 0.6) is 11.5 Å². The maximum Gasteiger partial charge on any atom is 0.263 e. The number of aromatic nitrogens is 2. The van der Waals surface area contributed by atoms with Gasteiger partial charge in [0.15, 0.2) is 11.5 Å². The molecule has 1 atom stereocenters. The highest BCUT2D eigenvalue weighted by atomic mass is 32.1. The van der Waals surface area contributed by atoms with Gasteiger partial charge in [-0.05, 0) is 17.7 Å². The van der Waals surface area contributed by atoms with Gasteiger partial charge in [0.1, 0.15) is 24.1 Å². The van der Waals surface area contributed by atoms with Gasteiger partial charge in [-0.3, -0.25) is 14.2 Å². The minimum Gasteiger partial charge on any atom is -0.486 e. The van der Waals surface area contributed by atoms with Crippen LogP contribution in [0.25, 0.3) is 21.3 Å². The van der Waals surface area contributed by atoms with Crippen LogP contribution in [0.4, 0.5) is 0 Å². The molecule has 0 unspecified atom stereocenters. The molecule has 5 rings (SSSR count). The van der Waals surface area contributed by atoms with Crippen LogP contribution in [-0.2, 0) is 11.3 Å². The molecule has 2 aromatic heterocycles. The van der Waals surface area contributed by atoms with Gasteiger partial charge < -0.3 is 14.8 Å². The van der Waals surface area contributed by atoms with E-state index in [2.05, 4.69) is 10.3 Å². The Hall–Kier alpha value is -3.65. The first kappa shape index (κ1) is 19.3. The van der Waals surface area contributed by atoms with Crippen LogP contribution in [0.3, 0.4) is 0 Å². The van der Waals surface area contributed by atoms with Crippen molar-refractivity contribution in [2.24, 2.45) is 0 Å². The van der Waals surface area contributed by atoms with E-state index in [0.29, 0.717) is 28.3 Å². The molecule has 1 aliphatic heterocycles. The molecule has 3 heterocycles. The summed E-state index contributed by atoms with van der Waals surface area (Å²) in [6.45, 7) is 0.515. The Morgan fingerprint density at radius 2 is 1.90 bits per heavy atom. The van der Waals surface area contributed by atoms with Gasteiger partial charge in [0.2, 0.25) is 5.91 Å². The Labute approximate surface area is 181 Å². The molecule has 0 radical (unpaired) electrons. The molecule has 1 amide bonds. The second-order valence-electron chi connectivity index (χ2n) is 7.17. The van der Waals surface area contributed by atoms with Gasteiger partial charge in [-0.15, -0.1) is 11.3 Å². The number of hydrogen-bond donors (Lipinski definition) is 1. The number of nitrogens with one attached hydrogen (secondary N) is 1. The van der Waals surface area contributed by atoms with Crippen LogP contribution in [0.1, 0.15) is 0 Å². The van der Waals surface area contributed by atoms with E-state index in [4.69, 9.17) is 9.47 Å². The smallest absolute Gasteiger partial charge is 0.263 e. The zero-order valence-electron chi connectivity index (χ0n) is 16.5. The number of para-hydroxylation sites is 2. The highest BCUT2D eigenvalue weighted by Crippen LogP contribution is 2.31. The Kier molecular flexibility index (Phi) is 5.13. The van der Waals surface area contributed by atoms with Crippen LogP contribution in [0.15, 0.2) is 71.1 Å². The number of amides is 1. The van der Waals surface area contributed by atoms with E-state index in [9.17, 15) is 9.59 Å². The van der Waals surface area contributed by atoms with Crippen molar-refractivity contribution >= 4 is 27.5 Å². The summed E-state index contributed by atoms with van der Waals surface area (Å²) in [6, 6.07) is 17.1. The Morgan fingerprint density at radius 3 is 2.74 bits per heavy atom. The maximum absolute atomic E-state index is 13.1. The van der Waals surface area contributed by atoms with Crippen molar-refractivity contribution in [2.45, 2.75) is 12.6 Å². The van der Waals surface area contributed by atoms with Gasteiger partial charge in [-0.2, -0.15) is 0 Å². The van der Waals surface area contributed by atoms with Gasteiger partial charge in [0, 0.05) is 10.9 Å². The number of benzene rings is 2. The molecule has 2 aromatic carbocycles. The molecule has 0 bridgehead atoms. The molecular formula is C23H19N3O4S. The number of hydrogen-bond acceptors (Lipinski definition) is 6. The summed E-state index contributed by atoms with van der Waals surface area (Å²) in [5.41, 5.74) is 1.55. The number of thiophene rings is 1. The molecule has 31 heavy (non-hydrogen) atoms. The van der Waals surface area contributed by atoms with Crippen molar-refractivity contribution in [3.05, 3.63) is 76.7 Å². The predicted octanol–water partition coefficient (Wildman–Crippen LogP) is 3.08. The lowest BCUT2D eigenvalue weighted by Gasteiger charge is -2.26. The molecule has 1 N–H and O–H groups in total. The van der Waals surface area contributed by atoms with Crippen molar-refractivity contribution in [1.29, 1.82) is 0 Å². The summed E-state index contributed by atoms with van der Waals surface area (Å²) in [4.78, 5) is 30.6. The van der Waals surface area contributed by atoms with Gasteiger partial charge in [-0.1, -0.05) is 42.5 Å². The third kappa shape index (κ3) is 3.89. The Bertz CT molecular complexity index is 1300. The first-order valence-corrected chi connectivity index (χ1v) is 10.7. The minimum absolute atomic E-state index is 0.115. The molecule has 156 valence electrons. The largest absolute Gasteiger partial charge is 0.486 e. The Balaban J connectivity index is 1.29. The first-order valence-electron chi connectivity index (χ1n) is 9.86. The zero-order chi connectivity index (χ0) is 21.2. The van der Waals surface area contributed by atoms with E-state index in [0.717, 1.165) is 11.1 Å². The van der Waals surface area contributed by atoms with Crippen LogP contribution in [0.2, 0.25) is 0 Å². The molecule has 0 fully saturated rings. The van der Waals surface area contributed by atoms with E-state index >= 15 is 0 Å². The summed E-state index contributed by atoms with van der Waals surface area (Å²) in [6.07, 6.45) is 1.13. The lowest BCUT2D eigenvalue weighted by Crippen LogP contribution is -2.42. The Morgan fingerprint density at radius 1 is 1.13 bits per heavy atom. The molecule has 0 saturated carbocycles. The molecule has 4 aromatic rings. The standard InChI is InChI=1S/C23H19N3O4S/c27-20(24-10-16-12-29-18-8-4-5-9-19(18)30-16)11-26-14-25-22-21(23(26)28)17(13-31-22)15-6-2-1-3-7-15/h1-9,13-14,16H,10-12H2,(H,24,27)/t16-/m0/s1. The van der Waals surface area contributed by atoms with Crippen molar-refractivity contribution in [1.82, 2.24) is 14.9 Å². The van der Waals surface area contributed by atoms with Crippen LogP contribution >= 0.6 is 11.3 Å². The second kappa shape index (κ2) is 8.23. The first-order chi connectivity index (χ1) is 15.2. The van der Waals surface area contributed by atoms with Gasteiger partial charge in [-0.25, -0.2) is 4.98 Å². The topological polar surface area (TPSA) is 82.5 Å². The lowest BCUT2D eigenvalue weighted by atomic mass is 10.1. The summed E-state index contributed by atoms with van der Waals surface area (Å²) in [5.74, 6) is 1.06. The second-order valence-corrected chi connectivity index (χ2v) is 8.03. The van der Waals surface area contributed by atoms with Crippen molar-refractivity contribution in [3.63, 3.8) is 0 Å². The monoisotopic (exact) mass is 433 g/mol. The zero-order valence-corrected chi connectivity index (χ0v) is 17.3. The minimum atomic E-state index is -0.294. The molecule has 1 aliphatic rings.